The van der Waals surface area contributed by atoms with Crippen molar-refractivity contribution in [3.63, 3.8) is 0 Å². The summed E-state index contributed by atoms with van der Waals surface area (Å²) in [6.07, 6.45) is 3.57. The number of carbonyl (C=O) groups excluding carboxylic acids is 1. The van der Waals surface area contributed by atoms with Crippen LogP contribution in [-0.4, -0.2) is 35.7 Å². The van der Waals surface area contributed by atoms with Gasteiger partial charge in [0.1, 0.15) is 0 Å². The monoisotopic (exact) mass is 242 g/mol. The number of hydrogen-bond donors (Lipinski definition) is 3. The molecule has 0 bridgehead atoms. The number of nitrogens with one attached hydrogen (secondary N) is 2. The molecule has 4 nitrogen and oxygen atoms in total. The van der Waals surface area contributed by atoms with Crippen LogP contribution in [0.1, 0.15) is 46.5 Å². The van der Waals surface area contributed by atoms with Crippen molar-refractivity contribution >= 4 is 5.91 Å². The molecule has 0 aromatic carbocycles. The van der Waals surface area contributed by atoms with Gasteiger partial charge in [-0.3, -0.25) is 4.79 Å². The van der Waals surface area contributed by atoms with Gasteiger partial charge in [-0.15, -0.1) is 0 Å². The summed E-state index contributed by atoms with van der Waals surface area (Å²) in [4.78, 5) is 11.8. The Hall–Kier alpha value is -0.610. The molecule has 0 aliphatic heterocycles. The summed E-state index contributed by atoms with van der Waals surface area (Å²) in [6, 6.07) is 0.144. The molecule has 3 N–H and O–H groups in total. The van der Waals surface area contributed by atoms with Crippen molar-refractivity contribution in [1.29, 1.82) is 0 Å². The Morgan fingerprint density at radius 1 is 1.35 bits per heavy atom. The van der Waals surface area contributed by atoms with Crippen molar-refractivity contribution in [1.82, 2.24) is 10.6 Å². The van der Waals surface area contributed by atoms with Gasteiger partial charge >= 0.3 is 0 Å². The average molecular weight is 242 g/mol. The molecule has 1 amide bonds. The minimum absolute atomic E-state index is 0.0820. The van der Waals surface area contributed by atoms with Crippen molar-refractivity contribution in [3.05, 3.63) is 0 Å². The van der Waals surface area contributed by atoms with Crippen LogP contribution in [-0.2, 0) is 4.79 Å². The lowest BCUT2D eigenvalue weighted by molar-refractivity contribution is -0.123. The van der Waals surface area contributed by atoms with Crippen molar-refractivity contribution < 1.29 is 9.90 Å². The third-order valence-corrected chi connectivity index (χ3v) is 3.65. The maximum atomic E-state index is 11.8. The fraction of sp³-hybridized carbons (Fsp3) is 0.923. The predicted molar refractivity (Wildman–Crippen MR) is 68.7 cm³/mol. The Morgan fingerprint density at radius 2 is 1.94 bits per heavy atom. The predicted octanol–water partition coefficient (Wildman–Crippen LogP) is 1.04. The Bertz CT molecular complexity index is 236. The van der Waals surface area contributed by atoms with Crippen molar-refractivity contribution in [3.8, 4) is 0 Å². The first-order valence-electron chi connectivity index (χ1n) is 6.78. The second-order valence-corrected chi connectivity index (χ2v) is 5.14. The molecule has 4 heteroatoms. The van der Waals surface area contributed by atoms with Crippen LogP contribution in [0.15, 0.2) is 0 Å². The standard InChI is InChI=1S/C13H26N2O2/c1-4-11(5-2)15-13(17)9(3)14-8-10-6-12(16)7-10/h9-12,14,16H,4-8H2,1-3H3,(H,15,17). The molecule has 0 saturated heterocycles. The van der Waals surface area contributed by atoms with Crippen LogP contribution < -0.4 is 10.6 Å². The molecule has 0 aromatic heterocycles. The molecule has 1 fully saturated rings. The van der Waals surface area contributed by atoms with Crippen LogP contribution in [0.4, 0.5) is 0 Å². The molecule has 0 heterocycles. The number of carbonyl (C=O) groups is 1. The van der Waals surface area contributed by atoms with E-state index < -0.39 is 0 Å². The first kappa shape index (κ1) is 14.5. The molecule has 1 saturated carbocycles. The molecule has 1 aliphatic rings. The van der Waals surface area contributed by atoms with Gasteiger partial charge in [0.15, 0.2) is 0 Å². The normalized spacial score (nSPS) is 25.5. The number of aliphatic hydroxyl groups is 1. The van der Waals surface area contributed by atoms with Gasteiger partial charge in [-0.25, -0.2) is 0 Å². The van der Waals surface area contributed by atoms with E-state index in [1.807, 2.05) is 6.92 Å². The number of rotatable bonds is 7. The average Bonchev–Trinajstić information content (AvgIpc) is 2.29. The topological polar surface area (TPSA) is 61.4 Å². The molecular formula is C13H26N2O2. The van der Waals surface area contributed by atoms with Gasteiger partial charge in [0.2, 0.25) is 5.91 Å². The lowest BCUT2D eigenvalue weighted by Gasteiger charge is -2.32. The number of aliphatic hydroxyl groups excluding tert-OH is 1. The highest BCUT2D eigenvalue weighted by molar-refractivity contribution is 5.81. The van der Waals surface area contributed by atoms with Gasteiger partial charge in [0, 0.05) is 6.04 Å². The maximum Gasteiger partial charge on any atom is 0.237 e. The van der Waals surface area contributed by atoms with Crippen LogP contribution >= 0.6 is 0 Å². The largest absolute Gasteiger partial charge is 0.393 e. The van der Waals surface area contributed by atoms with Crippen LogP contribution in [0.25, 0.3) is 0 Å². The molecule has 1 atom stereocenters. The summed E-state index contributed by atoms with van der Waals surface area (Å²) in [5.41, 5.74) is 0. The molecule has 0 spiro atoms. The fourth-order valence-electron chi connectivity index (χ4n) is 2.12. The van der Waals surface area contributed by atoms with Gasteiger partial charge in [0.05, 0.1) is 12.1 Å². The highest BCUT2D eigenvalue weighted by Gasteiger charge is 2.27. The highest BCUT2D eigenvalue weighted by Crippen LogP contribution is 2.26. The summed E-state index contributed by atoms with van der Waals surface area (Å²) in [6.45, 7) is 6.89. The Balaban J connectivity index is 2.17. The molecule has 1 unspecified atom stereocenters. The highest BCUT2D eigenvalue weighted by atomic mass is 16.3. The lowest BCUT2D eigenvalue weighted by Crippen LogP contribution is -2.48. The summed E-state index contributed by atoms with van der Waals surface area (Å²) < 4.78 is 0. The third-order valence-electron chi connectivity index (χ3n) is 3.65. The van der Waals surface area contributed by atoms with E-state index in [0.717, 1.165) is 32.2 Å². The Labute approximate surface area is 104 Å². The molecule has 1 rings (SSSR count). The van der Waals surface area contributed by atoms with Gasteiger partial charge in [-0.1, -0.05) is 13.8 Å². The zero-order valence-electron chi connectivity index (χ0n) is 11.2. The Kier molecular flexibility index (Phi) is 5.92. The second kappa shape index (κ2) is 6.97. The van der Waals surface area contributed by atoms with Crippen LogP contribution in [0.5, 0.6) is 0 Å². The number of hydrogen-bond acceptors (Lipinski definition) is 3. The smallest absolute Gasteiger partial charge is 0.237 e. The van der Waals surface area contributed by atoms with E-state index in [4.69, 9.17) is 5.11 Å². The van der Waals surface area contributed by atoms with Crippen molar-refractivity contribution in [2.24, 2.45) is 5.92 Å². The fourth-order valence-corrected chi connectivity index (χ4v) is 2.12. The minimum Gasteiger partial charge on any atom is -0.393 e. The summed E-state index contributed by atoms with van der Waals surface area (Å²) >= 11 is 0. The first-order chi connectivity index (χ1) is 8.06. The van der Waals surface area contributed by atoms with E-state index in [9.17, 15) is 4.79 Å². The quantitative estimate of drug-likeness (QED) is 0.625. The summed E-state index contributed by atoms with van der Waals surface area (Å²) in [5, 5.41) is 15.4. The van der Waals surface area contributed by atoms with E-state index in [-0.39, 0.29) is 24.1 Å². The summed E-state index contributed by atoms with van der Waals surface area (Å²) in [5.74, 6) is 0.618. The van der Waals surface area contributed by atoms with Gasteiger partial charge in [0.25, 0.3) is 0 Å². The Morgan fingerprint density at radius 3 is 2.41 bits per heavy atom. The molecule has 0 aromatic rings. The lowest BCUT2D eigenvalue weighted by atomic mass is 9.82. The van der Waals surface area contributed by atoms with Crippen LogP contribution in [0.3, 0.4) is 0 Å². The van der Waals surface area contributed by atoms with E-state index in [0.29, 0.717) is 5.92 Å². The SMILES string of the molecule is CCC(CC)NC(=O)C(C)NCC1CC(O)C1. The minimum atomic E-state index is -0.145. The number of amides is 1. The van der Waals surface area contributed by atoms with Crippen LogP contribution in [0.2, 0.25) is 0 Å². The van der Waals surface area contributed by atoms with Gasteiger partial charge in [-0.05, 0) is 45.1 Å². The first-order valence-corrected chi connectivity index (χ1v) is 6.78. The van der Waals surface area contributed by atoms with Gasteiger partial charge in [-0.2, -0.15) is 0 Å². The van der Waals surface area contributed by atoms with E-state index in [2.05, 4.69) is 24.5 Å². The second-order valence-electron chi connectivity index (χ2n) is 5.14. The molecular weight excluding hydrogens is 216 g/mol. The van der Waals surface area contributed by atoms with E-state index in [1.165, 1.54) is 0 Å². The zero-order chi connectivity index (χ0) is 12.8. The molecule has 0 radical (unpaired) electrons. The van der Waals surface area contributed by atoms with Crippen LogP contribution in [0, 0.1) is 5.92 Å². The molecule has 17 heavy (non-hydrogen) atoms. The van der Waals surface area contributed by atoms with Crippen molar-refractivity contribution in [2.75, 3.05) is 6.54 Å². The van der Waals surface area contributed by atoms with Crippen molar-refractivity contribution in [2.45, 2.75) is 64.6 Å². The van der Waals surface area contributed by atoms with Gasteiger partial charge < -0.3 is 15.7 Å². The summed E-state index contributed by atoms with van der Waals surface area (Å²) in [7, 11) is 0. The van der Waals surface area contributed by atoms with E-state index >= 15 is 0 Å². The third kappa shape index (κ3) is 4.64. The maximum absolute atomic E-state index is 11.8. The zero-order valence-corrected chi connectivity index (χ0v) is 11.2. The molecule has 1 aliphatic carbocycles. The molecule has 100 valence electrons. The van der Waals surface area contributed by atoms with E-state index in [1.54, 1.807) is 0 Å².